The Balaban J connectivity index is 3.18. The van der Waals surface area contributed by atoms with Gasteiger partial charge in [0.15, 0.2) is 0 Å². The summed E-state index contributed by atoms with van der Waals surface area (Å²) < 4.78 is 0. The number of hydrogen-bond donors (Lipinski definition) is 2. The number of hydrogen-bond acceptors (Lipinski definition) is 3. The van der Waals surface area contributed by atoms with Crippen molar-refractivity contribution >= 4 is 17.4 Å². The van der Waals surface area contributed by atoms with Crippen LogP contribution < -0.4 is 16.0 Å². The van der Waals surface area contributed by atoms with Crippen molar-refractivity contribution in [2.24, 2.45) is 5.92 Å². The predicted molar refractivity (Wildman–Crippen MR) is 103 cm³/mol. The summed E-state index contributed by atoms with van der Waals surface area (Å²) in [5.41, 5.74) is 8.55. The molecule has 5 heteroatoms. The van der Waals surface area contributed by atoms with Crippen molar-refractivity contribution in [3.05, 3.63) is 23.8 Å². The van der Waals surface area contributed by atoms with Crippen molar-refractivity contribution in [1.82, 2.24) is 10.2 Å². The minimum absolute atomic E-state index is 0.0455. The number of nitrogens with two attached hydrogens (primary N) is 1. The summed E-state index contributed by atoms with van der Waals surface area (Å²) in [6.07, 6.45) is 0. The molecule has 0 saturated carbocycles. The van der Waals surface area contributed by atoms with Crippen LogP contribution in [-0.2, 0) is 6.54 Å². The highest BCUT2D eigenvalue weighted by atomic mass is 16.2. The Morgan fingerprint density at radius 2 is 1.79 bits per heavy atom. The van der Waals surface area contributed by atoms with Crippen LogP contribution >= 0.6 is 0 Å². The molecule has 0 radical (unpaired) electrons. The summed E-state index contributed by atoms with van der Waals surface area (Å²) in [4.78, 5) is 16.8. The lowest BCUT2D eigenvalue weighted by Crippen LogP contribution is -2.52. The largest absolute Gasteiger partial charge is 0.399 e. The zero-order valence-electron chi connectivity index (χ0n) is 16.5. The van der Waals surface area contributed by atoms with E-state index in [1.807, 2.05) is 58.0 Å². The SMILES string of the molecule is CC(C)[C@H](C)N(Cc1cc(N)ccc1N(C)C)C(=O)NC(C)(C)C. The standard InChI is InChI=1S/C19H34N4O/c1-13(2)14(3)23(18(24)21-19(4,5)6)12-15-11-16(20)9-10-17(15)22(7)8/h9-11,13-14H,12,20H2,1-8H3,(H,21,24)/t14-/m0/s1. The highest BCUT2D eigenvalue weighted by molar-refractivity contribution is 5.76. The van der Waals surface area contributed by atoms with Crippen LogP contribution in [0.2, 0.25) is 0 Å². The first kappa shape index (κ1) is 20.1. The van der Waals surface area contributed by atoms with E-state index in [4.69, 9.17) is 5.73 Å². The van der Waals surface area contributed by atoms with Gasteiger partial charge in [0.05, 0.1) is 0 Å². The second-order valence-electron chi connectivity index (χ2n) is 8.08. The van der Waals surface area contributed by atoms with Crippen molar-refractivity contribution in [3.63, 3.8) is 0 Å². The molecule has 3 N–H and O–H groups in total. The molecule has 5 nitrogen and oxygen atoms in total. The van der Waals surface area contributed by atoms with Crippen molar-refractivity contribution in [3.8, 4) is 0 Å². The average Bonchev–Trinajstić information content (AvgIpc) is 2.41. The quantitative estimate of drug-likeness (QED) is 0.807. The third-order valence-corrected chi connectivity index (χ3v) is 4.13. The topological polar surface area (TPSA) is 61.6 Å². The van der Waals surface area contributed by atoms with Gasteiger partial charge < -0.3 is 20.9 Å². The summed E-state index contributed by atoms with van der Waals surface area (Å²) in [5, 5.41) is 3.08. The van der Waals surface area contributed by atoms with E-state index in [9.17, 15) is 4.79 Å². The van der Waals surface area contributed by atoms with Gasteiger partial charge in [-0.1, -0.05) is 13.8 Å². The first-order chi connectivity index (χ1) is 10.9. The van der Waals surface area contributed by atoms with Gasteiger partial charge in [-0.15, -0.1) is 0 Å². The maximum atomic E-state index is 12.8. The molecule has 0 heterocycles. The number of anilines is 2. The number of nitrogens with zero attached hydrogens (tertiary/aromatic N) is 2. The van der Waals surface area contributed by atoms with Crippen LogP contribution in [0.1, 0.15) is 47.1 Å². The molecule has 0 fully saturated rings. The van der Waals surface area contributed by atoms with Crippen LogP contribution in [0.15, 0.2) is 18.2 Å². The van der Waals surface area contributed by atoms with Crippen LogP contribution in [-0.4, -0.2) is 36.6 Å². The Morgan fingerprint density at radius 1 is 1.21 bits per heavy atom. The molecule has 0 aliphatic rings. The summed E-state index contributed by atoms with van der Waals surface area (Å²) in [7, 11) is 4.00. The Hall–Kier alpha value is -1.91. The molecular formula is C19H34N4O. The second kappa shape index (κ2) is 7.77. The molecule has 1 aromatic rings. The Kier molecular flexibility index (Phi) is 6.52. The van der Waals surface area contributed by atoms with Gasteiger partial charge in [0.1, 0.15) is 0 Å². The van der Waals surface area contributed by atoms with Gasteiger partial charge in [-0.25, -0.2) is 4.79 Å². The van der Waals surface area contributed by atoms with Gasteiger partial charge in [-0.3, -0.25) is 0 Å². The first-order valence-corrected chi connectivity index (χ1v) is 8.57. The lowest BCUT2D eigenvalue weighted by atomic mass is 10.0. The molecule has 2 amide bonds. The fraction of sp³-hybridized carbons (Fsp3) is 0.632. The van der Waals surface area contributed by atoms with Gasteiger partial charge >= 0.3 is 6.03 Å². The molecule has 0 spiro atoms. The number of rotatable bonds is 5. The van der Waals surface area contributed by atoms with E-state index in [1.165, 1.54) is 0 Å². The third-order valence-electron chi connectivity index (χ3n) is 4.13. The van der Waals surface area contributed by atoms with Gasteiger partial charge in [-0.2, -0.15) is 0 Å². The molecule has 0 aromatic heterocycles. The molecule has 0 saturated heterocycles. The number of urea groups is 1. The monoisotopic (exact) mass is 334 g/mol. The fourth-order valence-electron chi connectivity index (χ4n) is 2.51. The summed E-state index contributed by atoms with van der Waals surface area (Å²) in [6.45, 7) is 12.9. The average molecular weight is 335 g/mol. The van der Waals surface area contributed by atoms with Crippen LogP contribution in [0.4, 0.5) is 16.2 Å². The van der Waals surface area contributed by atoms with E-state index in [1.54, 1.807) is 0 Å². The number of nitrogen functional groups attached to an aromatic ring is 1. The van der Waals surface area contributed by atoms with E-state index < -0.39 is 0 Å². The van der Waals surface area contributed by atoms with Gasteiger partial charge in [0.2, 0.25) is 0 Å². The van der Waals surface area contributed by atoms with Crippen LogP contribution in [0.5, 0.6) is 0 Å². The summed E-state index contributed by atoms with van der Waals surface area (Å²) in [5.74, 6) is 0.361. The van der Waals surface area contributed by atoms with E-state index in [2.05, 4.69) is 31.0 Å². The van der Waals surface area contributed by atoms with Crippen molar-refractivity contribution in [2.45, 2.75) is 59.7 Å². The Morgan fingerprint density at radius 3 is 2.25 bits per heavy atom. The Bertz CT molecular complexity index is 561. The predicted octanol–water partition coefficient (Wildman–Crippen LogP) is 3.69. The summed E-state index contributed by atoms with van der Waals surface area (Å²) in [6, 6.07) is 5.92. The normalized spacial score (nSPS) is 12.9. The highest BCUT2D eigenvalue weighted by Crippen LogP contribution is 2.25. The fourth-order valence-corrected chi connectivity index (χ4v) is 2.51. The molecule has 1 atom stereocenters. The molecule has 24 heavy (non-hydrogen) atoms. The molecule has 0 aliphatic carbocycles. The zero-order valence-corrected chi connectivity index (χ0v) is 16.5. The van der Waals surface area contributed by atoms with Gasteiger partial charge in [0, 0.05) is 43.6 Å². The minimum Gasteiger partial charge on any atom is -0.399 e. The molecule has 1 aromatic carbocycles. The van der Waals surface area contributed by atoms with Crippen molar-refractivity contribution in [1.29, 1.82) is 0 Å². The second-order valence-corrected chi connectivity index (χ2v) is 8.08. The van der Waals surface area contributed by atoms with Crippen LogP contribution in [0, 0.1) is 5.92 Å². The lowest BCUT2D eigenvalue weighted by molar-refractivity contribution is 0.150. The van der Waals surface area contributed by atoms with E-state index >= 15 is 0 Å². The molecule has 0 unspecified atom stereocenters. The maximum Gasteiger partial charge on any atom is 0.318 e. The molecule has 0 bridgehead atoms. The van der Waals surface area contributed by atoms with Crippen molar-refractivity contribution < 1.29 is 4.79 Å². The molecular weight excluding hydrogens is 300 g/mol. The van der Waals surface area contributed by atoms with Crippen molar-refractivity contribution in [2.75, 3.05) is 24.7 Å². The number of nitrogens with one attached hydrogen (secondary N) is 1. The maximum absolute atomic E-state index is 12.8. The van der Waals surface area contributed by atoms with Crippen LogP contribution in [0.3, 0.4) is 0 Å². The van der Waals surface area contributed by atoms with Crippen LogP contribution in [0.25, 0.3) is 0 Å². The number of carbonyl (C=O) groups excluding carboxylic acids is 1. The molecule has 1 rings (SSSR count). The Labute approximate surface area is 147 Å². The number of carbonyl (C=O) groups is 1. The first-order valence-electron chi connectivity index (χ1n) is 8.57. The lowest BCUT2D eigenvalue weighted by Gasteiger charge is -2.35. The smallest absolute Gasteiger partial charge is 0.318 e. The van der Waals surface area contributed by atoms with E-state index in [0.717, 1.165) is 11.3 Å². The number of benzene rings is 1. The number of amides is 2. The van der Waals surface area contributed by atoms with E-state index in [-0.39, 0.29) is 17.6 Å². The highest BCUT2D eigenvalue weighted by Gasteiger charge is 2.26. The minimum atomic E-state index is -0.272. The van der Waals surface area contributed by atoms with Gasteiger partial charge in [-0.05, 0) is 57.4 Å². The molecule has 0 aliphatic heterocycles. The van der Waals surface area contributed by atoms with E-state index in [0.29, 0.717) is 18.2 Å². The third kappa shape index (κ3) is 5.62. The summed E-state index contributed by atoms with van der Waals surface area (Å²) >= 11 is 0. The van der Waals surface area contributed by atoms with Gasteiger partial charge in [0.25, 0.3) is 0 Å². The molecule has 136 valence electrons. The zero-order chi connectivity index (χ0) is 18.7.